The molecule has 4 heteroatoms. The molecule has 0 radical (unpaired) electrons. The predicted octanol–water partition coefficient (Wildman–Crippen LogP) is 5.60. The van der Waals surface area contributed by atoms with E-state index in [0.29, 0.717) is 37.1 Å². The monoisotopic (exact) mass is 454 g/mol. The van der Waals surface area contributed by atoms with Crippen LogP contribution < -0.4 is 0 Å². The highest BCUT2D eigenvalue weighted by Gasteiger charge is 2.51. The van der Waals surface area contributed by atoms with Gasteiger partial charge in [-0.05, 0) is 86.4 Å². The largest absolute Gasteiger partial charge is 0.381 e. The summed E-state index contributed by atoms with van der Waals surface area (Å²) in [5, 5.41) is 2.47. The van der Waals surface area contributed by atoms with Crippen molar-refractivity contribution in [2.24, 2.45) is 5.92 Å². The molecule has 3 saturated heterocycles. The van der Waals surface area contributed by atoms with Crippen molar-refractivity contribution in [1.82, 2.24) is 9.88 Å². The number of hydrogen-bond acceptors (Lipinski definition) is 3. The summed E-state index contributed by atoms with van der Waals surface area (Å²) < 4.78 is 5.72. The number of rotatable bonds is 4. The molecule has 4 nitrogen and oxygen atoms in total. The third-order valence-corrected chi connectivity index (χ3v) is 8.62. The molecule has 34 heavy (non-hydrogen) atoms. The number of amides is 1. The summed E-state index contributed by atoms with van der Waals surface area (Å²) in [4.78, 5) is 20.9. The molecule has 2 bridgehead atoms. The molecule has 3 aliphatic heterocycles. The molecule has 176 valence electrons. The van der Waals surface area contributed by atoms with Crippen molar-refractivity contribution in [3.05, 3.63) is 77.6 Å². The maximum absolute atomic E-state index is 14.3. The van der Waals surface area contributed by atoms with Crippen molar-refractivity contribution in [1.29, 1.82) is 0 Å². The van der Waals surface area contributed by atoms with Crippen LogP contribution in [0, 0.1) is 12.8 Å². The van der Waals surface area contributed by atoms with E-state index in [1.54, 1.807) is 0 Å². The highest BCUT2D eigenvalue weighted by Crippen LogP contribution is 2.45. The van der Waals surface area contributed by atoms with E-state index >= 15 is 0 Å². The third-order valence-electron chi connectivity index (χ3n) is 8.62. The van der Waals surface area contributed by atoms with Crippen LogP contribution in [0.25, 0.3) is 10.8 Å². The molecule has 2 aromatic carbocycles. The summed E-state index contributed by atoms with van der Waals surface area (Å²) in [5.41, 5.74) is 3.38. The lowest BCUT2D eigenvalue weighted by molar-refractivity contribution is -0.146. The maximum atomic E-state index is 14.3. The molecular formula is C30H34N2O2. The molecule has 2 unspecified atom stereocenters. The molecule has 3 aliphatic rings. The summed E-state index contributed by atoms with van der Waals surface area (Å²) in [7, 11) is 0. The van der Waals surface area contributed by atoms with Gasteiger partial charge in [0.15, 0.2) is 0 Å². The summed E-state index contributed by atoms with van der Waals surface area (Å²) in [6, 6.07) is 18.2. The number of benzene rings is 2. The van der Waals surface area contributed by atoms with Crippen LogP contribution in [0.5, 0.6) is 0 Å². The molecule has 3 aromatic rings. The lowest BCUT2D eigenvalue weighted by Crippen LogP contribution is -2.56. The number of nitrogens with zero attached hydrogens (tertiary/aromatic N) is 2. The van der Waals surface area contributed by atoms with Gasteiger partial charge in [-0.3, -0.25) is 9.78 Å². The van der Waals surface area contributed by atoms with Crippen molar-refractivity contribution < 1.29 is 9.53 Å². The van der Waals surface area contributed by atoms with Crippen LogP contribution in [0.4, 0.5) is 0 Å². The molecule has 4 heterocycles. The van der Waals surface area contributed by atoms with Crippen LogP contribution in [0.1, 0.15) is 55.2 Å². The molecule has 1 amide bonds. The summed E-state index contributed by atoms with van der Waals surface area (Å²) in [5.74, 6) is 1.00. The van der Waals surface area contributed by atoms with Gasteiger partial charge < -0.3 is 9.64 Å². The Hall–Kier alpha value is -2.72. The number of carbonyl (C=O) groups is 1. The maximum Gasteiger partial charge on any atom is 0.233 e. The minimum absolute atomic E-state index is 0.365. The molecular weight excluding hydrogens is 420 g/mol. The molecule has 0 aliphatic carbocycles. The first kappa shape index (κ1) is 21.8. The Balaban J connectivity index is 1.23. The quantitative estimate of drug-likeness (QED) is 0.515. The zero-order valence-corrected chi connectivity index (χ0v) is 20.1. The topological polar surface area (TPSA) is 42.4 Å². The third kappa shape index (κ3) is 3.82. The number of hydrogen-bond donors (Lipinski definition) is 0. The van der Waals surface area contributed by atoms with E-state index in [9.17, 15) is 4.79 Å². The van der Waals surface area contributed by atoms with Gasteiger partial charge in [0.1, 0.15) is 0 Å². The van der Waals surface area contributed by atoms with E-state index in [0.717, 1.165) is 44.9 Å². The van der Waals surface area contributed by atoms with E-state index < -0.39 is 5.41 Å². The Labute approximate surface area is 202 Å². The number of piperidine rings is 1. The second kappa shape index (κ2) is 8.81. The van der Waals surface area contributed by atoms with Gasteiger partial charge in [0.05, 0.1) is 5.41 Å². The fraction of sp³-hybridized carbons (Fsp3) is 0.467. The lowest BCUT2D eigenvalue weighted by atomic mass is 9.71. The van der Waals surface area contributed by atoms with Gasteiger partial charge in [-0.2, -0.15) is 0 Å². The molecule has 0 saturated carbocycles. The van der Waals surface area contributed by atoms with E-state index in [4.69, 9.17) is 4.74 Å². The van der Waals surface area contributed by atoms with E-state index in [1.165, 1.54) is 27.5 Å². The Kier molecular flexibility index (Phi) is 5.65. The highest BCUT2D eigenvalue weighted by atomic mass is 16.5. The zero-order valence-electron chi connectivity index (χ0n) is 20.1. The highest BCUT2D eigenvalue weighted by molar-refractivity contribution is 5.89. The zero-order chi connectivity index (χ0) is 23.1. The van der Waals surface area contributed by atoms with Gasteiger partial charge in [-0.1, -0.05) is 42.0 Å². The van der Waals surface area contributed by atoms with Gasteiger partial charge in [-0.25, -0.2) is 0 Å². The minimum atomic E-state index is -0.427. The first-order valence-corrected chi connectivity index (χ1v) is 12.9. The number of carbonyl (C=O) groups excluding carboxylic acids is 1. The molecule has 2 atom stereocenters. The molecule has 1 aromatic heterocycles. The summed E-state index contributed by atoms with van der Waals surface area (Å²) >= 11 is 0. The number of aromatic nitrogens is 1. The Bertz CT molecular complexity index is 1190. The van der Waals surface area contributed by atoms with Crippen molar-refractivity contribution in [3.63, 3.8) is 0 Å². The van der Waals surface area contributed by atoms with Crippen molar-refractivity contribution >= 4 is 16.7 Å². The van der Waals surface area contributed by atoms with Crippen LogP contribution in [0.3, 0.4) is 0 Å². The van der Waals surface area contributed by atoms with E-state index in [2.05, 4.69) is 65.3 Å². The minimum Gasteiger partial charge on any atom is -0.381 e. The van der Waals surface area contributed by atoms with Crippen LogP contribution >= 0.6 is 0 Å². The van der Waals surface area contributed by atoms with E-state index in [1.807, 2.05) is 12.4 Å². The Morgan fingerprint density at radius 1 is 1.03 bits per heavy atom. The molecule has 0 spiro atoms. The smallest absolute Gasteiger partial charge is 0.233 e. The Morgan fingerprint density at radius 2 is 1.82 bits per heavy atom. The SMILES string of the molecule is Cc1cccc(C2(C(=O)N3C4CCC3CC(Cc3ccc5ccncc5c3)C4)CCOCC2)c1. The number of pyridine rings is 1. The van der Waals surface area contributed by atoms with Crippen LogP contribution in [-0.4, -0.2) is 41.1 Å². The number of fused-ring (bicyclic) bond motifs is 3. The molecule has 6 rings (SSSR count). The fourth-order valence-electron chi connectivity index (χ4n) is 6.92. The molecule has 3 fully saturated rings. The number of ether oxygens (including phenoxy) is 1. The fourth-order valence-corrected chi connectivity index (χ4v) is 6.92. The van der Waals surface area contributed by atoms with E-state index in [-0.39, 0.29) is 0 Å². The van der Waals surface area contributed by atoms with Gasteiger partial charge in [0, 0.05) is 43.1 Å². The second-order valence-corrected chi connectivity index (χ2v) is 10.8. The summed E-state index contributed by atoms with van der Waals surface area (Å²) in [6.45, 7) is 3.46. The van der Waals surface area contributed by atoms with Gasteiger partial charge in [0.25, 0.3) is 0 Å². The molecule has 0 N–H and O–H groups in total. The normalized spacial score (nSPS) is 26.0. The van der Waals surface area contributed by atoms with Gasteiger partial charge in [0.2, 0.25) is 5.91 Å². The van der Waals surface area contributed by atoms with Crippen LogP contribution in [0.2, 0.25) is 0 Å². The Morgan fingerprint density at radius 3 is 2.59 bits per heavy atom. The number of aryl methyl sites for hydroxylation is 1. The van der Waals surface area contributed by atoms with Crippen molar-refractivity contribution in [3.8, 4) is 0 Å². The first-order chi connectivity index (χ1) is 16.6. The van der Waals surface area contributed by atoms with Gasteiger partial charge in [-0.15, -0.1) is 0 Å². The van der Waals surface area contributed by atoms with Crippen LogP contribution in [0.15, 0.2) is 60.9 Å². The average molecular weight is 455 g/mol. The van der Waals surface area contributed by atoms with Crippen LogP contribution in [-0.2, 0) is 21.4 Å². The first-order valence-electron chi connectivity index (χ1n) is 12.9. The lowest BCUT2D eigenvalue weighted by Gasteiger charge is -2.46. The van der Waals surface area contributed by atoms with Crippen molar-refractivity contribution in [2.45, 2.75) is 69.4 Å². The predicted molar refractivity (Wildman–Crippen MR) is 135 cm³/mol. The average Bonchev–Trinajstić information content (AvgIpc) is 3.13. The standard InChI is InChI=1S/C30H34N2O2/c1-21-3-2-4-26(15-21)30(10-13-34-14-11-30)29(33)32-27-7-8-28(32)19-23(18-27)16-22-5-6-24-9-12-31-20-25(24)17-22/h2-6,9,12,15,17,20,23,27-28H,7-8,10-11,13-14,16,18-19H2,1H3. The van der Waals surface area contributed by atoms with Crippen molar-refractivity contribution in [2.75, 3.05) is 13.2 Å². The second-order valence-electron chi connectivity index (χ2n) is 10.8. The summed E-state index contributed by atoms with van der Waals surface area (Å²) in [6.07, 6.45) is 11.0. The van der Waals surface area contributed by atoms with Gasteiger partial charge >= 0.3 is 0 Å².